The minimum Gasteiger partial charge on any atom is -0.497 e. The van der Waals surface area contributed by atoms with Crippen molar-refractivity contribution in [2.75, 3.05) is 26.7 Å². The van der Waals surface area contributed by atoms with Crippen LogP contribution >= 0.6 is 0 Å². The van der Waals surface area contributed by atoms with Crippen LogP contribution in [0.1, 0.15) is 37.4 Å². The molecule has 2 aromatic rings. The van der Waals surface area contributed by atoms with Gasteiger partial charge in [0.2, 0.25) is 0 Å². The highest BCUT2D eigenvalue weighted by atomic mass is 16.5. The predicted molar refractivity (Wildman–Crippen MR) is 117 cm³/mol. The van der Waals surface area contributed by atoms with Gasteiger partial charge in [-0.15, -0.1) is 0 Å². The number of benzene rings is 2. The number of hydrogen-bond donors (Lipinski definition) is 0. The van der Waals surface area contributed by atoms with Crippen LogP contribution in [0.5, 0.6) is 5.75 Å². The van der Waals surface area contributed by atoms with E-state index in [9.17, 15) is 4.79 Å². The second-order valence-corrected chi connectivity index (χ2v) is 8.10. The molecule has 0 spiro atoms. The lowest BCUT2D eigenvalue weighted by molar-refractivity contribution is -0.137. The molecule has 0 bridgehead atoms. The van der Waals surface area contributed by atoms with Crippen LogP contribution in [0.4, 0.5) is 0 Å². The molecule has 2 aliphatic rings. The van der Waals surface area contributed by atoms with Crippen LogP contribution in [-0.4, -0.2) is 60.5 Å². The molecule has 1 fully saturated rings. The number of hydrazone groups is 1. The minimum atomic E-state index is -0.116. The van der Waals surface area contributed by atoms with Crippen LogP contribution in [-0.2, 0) is 9.53 Å². The van der Waals surface area contributed by atoms with Crippen LogP contribution in [0, 0.1) is 0 Å². The van der Waals surface area contributed by atoms with E-state index in [4.69, 9.17) is 14.6 Å². The zero-order valence-electron chi connectivity index (χ0n) is 17.8. The molecule has 0 saturated carbocycles. The number of nitrogens with zero attached hydrogens (tertiary/aromatic N) is 3. The largest absolute Gasteiger partial charge is 0.497 e. The minimum absolute atomic E-state index is 0.0167. The van der Waals surface area contributed by atoms with Gasteiger partial charge in [0.15, 0.2) is 0 Å². The molecule has 4 rings (SSSR count). The van der Waals surface area contributed by atoms with E-state index in [1.54, 1.807) is 12.1 Å². The normalized spacial score (nSPS) is 24.6. The van der Waals surface area contributed by atoms with Crippen molar-refractivity contribution in [1.29, 1.82) is 0 Å². The summed E-state index contributed by atoms with van der Waals surface area (Å²) in [6.45, 7) is 5.96. The molecule has 2 aliphatic heterocycles. The van der Waals surface area contributed by atoms with Gasteiger partial charge in [0.1, 0.15) is 5.75 Å². The first-order chi connectivity index (χ1) is 14.5. The lowest BCUT2D eigenvalue weighted by atomic mass is 9.98. The highest BCUT2D eigenvalue weighted by molar-refractivity contribution is 6.03. The van der Waals surface area contributed by atoms with E-state index >= 15 is 0 Å². The van der Waals surface area contributed by atoms with Crippen LogP contribution in [0.3, 0.4) is 0 Å². The van der Waals surface area contributed by atoms with Crippen LogP contribution in [0.15, 0.2) is 59.7 Å². The van der Waals surface area contributed by atoms with Crippen molar-refractivity contribution in [3.05, 3.63) is 65.7 Å². The fraction of sp³-hybridized carbons (Fsp3) is 0.417. The molecular weight excluding hydrogens is 378 g/mol. The Bertz CT molecular complexity index is 888. The second-order valence-electron chi connectivity index (χ2n) is 8.10. The topological polar surface area (TPSA) is 54.4 Å². The number of rotatable bonds is 5. The van der Waals surface area contributed by atoms with Crippen molar-refractivity contribution in [3.63, 3.8) is 0 Å². The summed E-state index contributed by atoms with van der Waals surface area (Å²) >= 11 is 0. The summed E-state index contributed by atoms with van der Waals surface area (Å²) in [5, 5.41) is 6.45. The van der Waals surface area contributed by atoms with E-state index in [0.717, 1.165) is 35.7 Å². The summed E-state index contributed by atoms with van der Waals surface area (Å²) in [7, 11) is 1.65. The quantitative estimate of drug-likeness (QED) is 0.762. The number of carbonyl (C=O) groups excluding carboxylic acids is 1. The first kappa shape index (κ1) is 20.6. The van der Waals surface area contributed by atoms with Gasteiger partial charge in [-0.2, -0.15) is 5.10 Å². The number of hydrogen-bond acceptors (Lipinski definition) is 5. The Morgan fingerprint density at radius 2 is 1.73 bits per heavy atom. The van der Waals surface area contributed by atoms with Crippen molar-refractivity contribution < 1.29 is 14.3 Å². The molecule has 0 radical (unpaired) electrons. The fourth-order valence-corrected chi connectivity index (χ4v) is 4.31. The van der Waals surface area contributed by atoms with Crippen molar-refractivity contribution in [3.8, 4) is 5.75 Å². The van der Waals surface area contributed by atoms with E-state index in [1.807, 2.05) is 54.6 Å². The molecule has 0 aliphatic carbocycles. The number of methoxy groups -OCH3 is 1. The van der Waals surface area contributed by atoms with Gasteiger partial charge in [-0.05, 0) is 37.1 Å². The summed E-state index contributed by atoms with van der Waals surface area (Å²) in [6, 6.07) is 17.9. The molecule has 3 atom stereocenters. The molecule has 2 aromatic carbocycles. The number of morpholine rings is 1. The Morgan fingerprint density at radius 3 is 2.37 bits per heavy atom. The van der Waals surface area contributed by atoms with Gasteiger partial charge in [0.25, 0.3) is 5.91 Å². The van der Waals surface area contributed by atoms with Crippen molar-refractivity contribution in [2.45, 2.75) is 38.5 Å². The number of amides is 1. The summed E-state index contributed by atoms with van der Waals surface area (Å²) in [4.78, 5) is 15.5. The van der Waals surface area contributed by atoms with Crippen molar-refractivity contribution in [2.24, 2.45) is 5.10 Å². The van der Waals surface area contributed by atoms with E-state index in [2.05, 4.69) is 18.7 Å². The van der Waals surface area contributed by atoms with E-state index in [1.165, 1.54) is 0 Å². The van der Waals surface area contributed by atoms with Crippen LogP contribution < -0.4 is 4.74 Å². The molecular formula is C24H29N3O3. The van der Waals surface area contributed by atoms with E-state index in [-0.39, 0.29) is 24.2 Å². The maximum absolute atomic E-state index is 13.3. The second kappa shape index (κ2) is 8.98. The lowest BCUT2D eigenvalue weighted by Crippen LogP contribution is -2.49. The summed E-state index contributed by atoms with van der Waals surface area (Å²) in [5.74, 6) is 0.818. The van der Waals surface area contributed by atoms with Crippen molar-refractivity contribution >= 4 is 11.6 Å². The third-order valence-corrected chi connectivity index (χ3v) is 5.63. The first-order valence-electron chi connectivity index (χ1n) is 10.5. The Kier molecular flexibility index (Phi) is 6.16. The Labute approximate surface area is 178 Å². The third-order valence-electron chi connectivity index (χ3n) is 5.63. The third kappa shape index (κ3) is 4.55. The molecule has 1 amide bonds. The molecule has 3 unspecified atom stereocenters. The average Bonchev–Trinajstić information content (AvgIpc) is 3.19. The van der Waals surface area contributed by atoms with Gasteiger partial charge in [0, 0.05) is 19.5 Å². The Hall–Kier alpha value is -2.70. The summed E-state index contributed by atoms with van der Waals surface area (Å²) in [5.41, 5.74) is 3.05. The molecule has 6 heteroatoms. The monoisotopic (exact) mass is 407 g/mol. The summed E-state index contributed by atoms with van der Waals surface area (Å²) < 4.78 is 11.1. The zero-order chi connectivity index (χ0) is 21.1. The van der Waals surface area contributed by atoms with Crippen LogP contribution in [0.2, 0.25) is 0 Å². The van der Waals surface area contributed by atoms with Crippen molar-refractivity contribution in [1.82, 2.24) is 9.91 Å². The molecule has 0 aromatic heterocycles. The molecule has 6 nitrogen and oxygen atoms in total. The fourth-order valence-electron chi connectivity index (χ4n) is 4.31. The molecule has 158 valence electrons. The summed E-state index contributed by atoms with van der Waals surface area (Å²) in [6.07, 6.45) is 0.944. The maximum Gasteiger partial charge on any atom is 0.257 e. The molecule has 0 N–H and O–H groups in total. The van der Waals surface area contributed by atoms with Gasteiger partial charge in [-0.1, -0.05) is 42.5 Å². The smallest absolute Gasteiger partial charge is 0.257 e. The standard InChI is InChI=1S/C24H29N3O3/c1-17-14-26(15-18(2)30-17)16-24(28)27-23(20-9-11-21(29-3)12-10-20)13-22(25-27)19-7-5-4-6-8-19/h4-12,17-18,23H,13-16H2,1-3H3. The first-order valence-corrected chi connectivity index (χ1v) is 10.5. The number of ether oxygens (including phenoxy) is 2. The van der Waals surface area contributed by atoms with Gasteiger partial charge in [-0.25, -0.2) is 5.01 Å². The highest BCUT2D eigenvalue weighted by Crippen LogP contribution is 2.33. The SMILES string of the molecule is COc1ccc(C2CC(c3ccccc3)=NN2C(=O)CN2CC(C)OC(C)C2)cc1. The Morgan fingerprint density at radius 1 is 1.07 bits per heavy atom. The highest BCUT2D eigenvalue weighted by Gasteiger charge is 2.34. The Balaban J connectivity index is 1.57. The van der Waals surface area contributed by atoms with Gasteiger partial charge in [0.05, 0.1) is 37.6 Å². The van der Waals surface area contributed by atoms with E-state index < -0.39 is 0 Å². The van der Waals surface area contributed by atoms with Gasteiger partial charge < -0.3 is 9.47 Å². The predicted octanol–water partition coefficient (Wildman–Crippen LogP) is 3.48. The van der Waals surface area contributed by atoms with Gasteiger partial charge >= 0.3 is 0 Å². The maximum atomic E-state index is 13.3. The average molecular weight is 408 g/mol. The molecule has 1 saturated heterocycles. The molecule has 30 heavy (non-hydrogen) atoms. The van der Waals surface area contributed by atoms with Crippen LogP contribution in [0.25, 0.3) is 0 Å². The lowest BCUT2D eigenvalue weighted by Gasteiger charge is -2.35. The zero-order valence-corrected chi connectivity index (χ0v) is 17.8. The van der Waals surface area contributed by atoms with E-state index in [0.29, 0.717) is 13.0 Å². The molecule has 2 heterocycles. The number of carbonyl (C=O) groups is 1. The van der Waals surface area contributed by atoms with Gasteiger partial charge in [-0.3, -0.25) is 9.69 Å².